The molecule has 0 aromatic heterocycles. The van der Waals surface area contributed by atoms with E-state index in [1.807, 2.05) is 43.3 Å². The van der Waals surface area contributed by atoms with Gasteiger partial charge in [-0.2, -0.15) is 0 Å². The highest BCUT2D eigenvalue weighted by molar-refractivity contribution is 6.31. The zero-order chi connectivity index (χ0) is 14.1. The molecule has 1 aliphatic rings. The number of hydrogen-bond acceptors (Lipinski definition) is 2. The van der Waals surface area contributed by atoms with Crippen molar-refractivity contribution in [1.29, 1.82) is 0 Å². The third-order valence-corrected chi connectivity index (χ3v) is 4.00. The van der Waals surface area contributed by atoms with Gasteiger partial charge in [0.1, 0.15) is 0 Å². The first kappa shape index (κ1) is 13.0. The van der Waals surface area contributed by atoms with Gasteiger partial charge in [-0.1, -0.05) is 17.7 Å². The van der Waals surface area contributed by atoms with Gasteiger partial charge in [-0.25, -0.2) is 0 Å². The summed E-state index contributed by atoms with van der Waals surface area (Å²) in [6.07, 6.45) is 0.965. The monoisotopic (exact) mass is 286 g/mol. The van der Waals surface area contributed by atoms with Gasteiger partial charge in [-0.3, -0.25) is 4.79 Å². The lowest BCUT2D eigenvalue weighted by Gasteiger charge is -2.10. The van der Waals surface area contributed by atoms with Gasteiger partial charge in [0.05, 0.1) is 0 Å². The molecule has 1 aliphatic heterocycles. The Labute approximate surface area is 123 Å². The van der Waals surface area contributed by atoms with Crippen LogP contribution in [0.4, 0.5) is 11.4 Å². The molecule has 0 saturated carbocycles. The van der Waals surface area contributed by atoms with Crippen LogP contribution in [-0.4, -0.2) is 12.5 Å². The maximum Gasteiger partial charge on any atom is 0.255 e. The quantitative estimate of drug-likeness (QED) is 0.880. The number of carbonyl (C=O) groups excluding carboxylic acids is 1. The van der Waals surface area contributed by atoms with E-state index in [1.165, 1.54) is 5.56 Å². The van der Waals surface area contributed by atoms with Crippen molar-refractivity contribution >= 4 is 28.9 Å². The molecule has 0 fully saturated rings. The molecule has 0 saturated heterocycles. The normalized spacial score (nSPS) is 12.7. The van der Waals surface area contributed by atoms with Crippen molar-refractivity contribution < 1.29 is 4.79 Å². The fraction of sp³-hybridized carbons (Fsp3) is 0.188. The Morgan fingerprint density at radius 2 is 2.15 bits per heavy atom. The summed E-state index contributed by atoms with van der Waals surface area (Å²) in [5, 5.41) is 6.85. The summed E-state index contributed by atoms with van der Waals surface area (Å²) >= 11 is 6.06. The van der Waals surface area contributed by atoms with Crippen LogP contribution in [0.1, 0.15) is 21.5 Å². The standard InChI is InChI=1S/C16H15ClN2O/c1-10-13(17)3-2-4-14(10)19-16(20)12-5-6-15-11(9-12)7-8-18-15/h2-6,9,18H,7-8H2,1H3,(H,19,20). The highest BCUT2D eigenvalue weighted by Gasteiger charge is 2.14. The first-order valence-electron chi connectivity index (χ1n) is 6.58. The number of anilines is 2. The van der Waals surface area contributed by atoms with Gasteiger partial charge in [0, 0.05) is 28.5 Å². The van der Waals surface area contributed by atoms with E-state index in [2.05, 4.69) is 10.6 Å². The van der Waals surface area contributed by atoms with Gasteiger partial charge in [-0.05, 0) is 54.8 Å². The number of hydrogen-bond donors (Lipinski definition) is 2. The van der Waals surface area contributed by atoms with Gasteiger partial charge in [-0.15, -0.1) is 0 Å². The van der Waals surface area contributed by atoms with Crippen LogP contribution in [0.25, 0.3) is 0 Å². The topological polar surface area (TPSA) is 41.1 Å². The van der Waals surface area contributed by atoms with Crippen molar-refractivity contribution in [3.63, 3.8) is 0 Å². The molecule has 0 aliphatic carbocycles. The zero-order valence-electron chi connectivity index (χ0n) is 11.2. The molecule has 2 aromatic carbocycles. The van der Waals surface area contributed by atoms with Gasteiger partial charge in [0.25, 0.3) is 5.91 Å². The van der Waals surface area contributed by atoms with Crippen LogP contribution in [0.3, 0.4) is 0 Å². The number of benzene rings is 2. The van der Waals surface area contributed by atoms with Crippen molar-refractivity contribution in [1.82, 2.24) is 0 Å². The third-order valence-electron chi connectivity index (χ3n) is 3.59. The van der Waals surface area contributed by atoms with E-state index in [-0.39, 0.29) is 5.91 Å². The van der Waals surface area contributed by atoms with Crippen molar-refractivity contribution in [2.45, 2.75) is 13.3 Å². The molecular formula is C16H15ClN2O. The van der Waals surface area contributed by atoms with Crippen molar-refractivity contribution in [2.75, 3.05) is 17.2 Å². The van der Waals surface area contributed by atoms with Crippen LogP contribution < -0.4 is 10.6 Å². The Kier molecular flexibility index (Phi) is 3.36. The maximum absolute atomic E-state index is 12.3. The molecule has 2 aromatic rings. The van der Waals surface area contributed by atoms with E-state index in [0.717, 1.165) is 29.9 Å². The number of halogens is 1. The molecule has 102 valence electrons. The van der Waals surface area contributed by atoms with Crippen LogP contribution in [0, 0.1) is 6.92 Å². The third kappa shape index (κ3) is 2.37. The molecule has 0 radical (unpaired) electrons. The van der Waals surface area contributed by atoms with Crippen molar-refractivity contribution in [3.05, 3.63) is 58.1 Å². The molecule has 2 N–H and O–H groups in total. The number of nitrogens with one attached hydrogen (secondary N) is 2. The first-order chi connectivity index (χ1) is 9.65. The molecule has 3 nitrogen and oxygen atoms in total. The second-order valence-electron chi connectivity index (χ2n) is 4.92. The molecule has 3 rings (SSSR count). The summed E-state index contributed by atoms with van der Waals surface area (Å²) < 4.78 is 0. The van der Waals surface area contributed by atoms with Crippen LogP contribution in [-0.2, 0) is 6.42 Å². The highest BCUT2D eigenvalue weighted by atomic mass is 35.5. The number of carbonyl (C=O) groups is 1. The molecule has 1 amide bonds. The number of rotatable bonds is 2. The first-order valence-corrected chi connectivity index (χ1v) is 6.96. The van der Waals surface area contributed by atoms with Crippen LogP contribution >= 0.6 is 11.6 Å². The number of fused-ring (bicyclic) bond motifs is 1. The van der Waals surface area contributed by atoms with Crippen molar-refractivity contribution in [3.8, 4) is 0 Å². The Bertz CT molecular complexity index is 682. The van der Waals surface area contributed by atoms with E-state index in [0.29, 0.717) is 10.6 Å². The lowest BCUT2D eigenvalue weighted by atomic mass is 10.1. The smallest absolute Gasteiger partial charge is 0.255 e. The minimum atomic E-state index is -0.106. The highest BCUT2D eigenvalue weighted by Crippen LogP contribution is 2.25. The lowest BCUT2D eigenvalue weighted by Crippen LogP contribution is -2.13. The summed E-state index contributed by atoms with van der Waals surface area (Å²) in [6.45, 7) is 2.83. The van der Waals surface area contributed by atoms with E-state index in [1.54, 1.807) is 0 Å². The minimum Gasteiger partial charge on any atom is -0.384 e. The molecule has 1 heterocycles. The fourth-order valence-corrected chi connectivity index (χ4v) is 2.56. The molecule has 0 bridgehead atoms. The Morgan fingerprint density at radius 1 is 1.30 bits per heavy atom. The SMILES string of the molecule is Cc1c(Cl)cccc1NC(=O)c1ccc2c(c1)CCN2. The second-order valence-corrected chi connectivity index (χ2v) is 5.32. The molecule has 20 heavy (non-hydrogen) atoms. The number of amides is 1. The van der Waals surface area contributed by atoms with E-state index >= 15 is 0 Å². The Morgan fingerprint density at radius 3 is 3.00 bits per heavy atom. The molecule has 0 unspecified atom stereocenters. The molecule has 0 atom stereocenters. The summed E-state index contributed by atoms with van der Waals surface area (Å²) in [4.78, 5) is 12.3. The van der Waals surface area contributed by atoms with Gasteiger partial charge in [0.2, 0.25) is 0 Å². The minimum absolute atomic E-state index is 0.106. The lowest BCUT2D eigenvalue weighted by molar-refractivity contribution is 0.102. The maximum atomic E-state index is 12.3. The molecule has 4 heteroatoms. The summed E-state index contributed by atoms with van der Waals surface area (Å²) in [6, 6.07) is 11.2. The van der Waals surface area contributed by atoms with Crippen molar-refractivity contribution in [2.24, 2.45) is 0 Å². The molecular weight excluding hydrogens is 272 g/mol. The Balaban J connectivity index is 1.84. The van der Waals surface area contributed by atoms with Crippen LogP contribution in [0.2, 0.25) is 5.02 Å². The second kappa shape index (κ2) is 5.17. The summed E-state index contributed by atoms with van der Waals surface area (Å²) in [7, 11) is 0. The van der Waals surface area contributed by atoms with E-state index in [9.17, 15) is 4.79 Å². The summed E-state index contributed by atoms with van der Waals surface area (Å²) in [5.74, 6) is -0.106. The largest absolute Gasteiger partial charge is 0.384 e. The predicted octanol–water partition coefficient (Wildman–Crippen LogP) is 3.87. The Hall–Kier alpha value is -2.00. The predicted molar refractivity (Wildman–Crippen MR) is 82.8 cm³/mol. The van der Waals surface area contributed by atoms with Crippen LogP contribution in [0.5, 0.6) is 0 Å². The van der Waals surface area contributed by atoms with Crippen LogP contribution in [0.15, 0.2) is 36.4 Å². The van der Waals surface area contributed by atoms with Gasteiger partial charge >= 0.3 is 0 Å². The van der Waals surface area contributed by atoms with Gasteiger partial charge in [0.15, 0.2) is 0 Å². The zero-order valence-corrected chi connectivity index (χ0v) is 11.9. The summed E-state index contributed by atoms with van der Waals surface area (Å²) in [5.41, 5.74) is 4.62. The van der Waals surface area contributed by atoms with Gasteiger partial charge < -0.3 is 10.6 Å². The average Bonchev–Trinajstić information content (AvgIpc) is 2.91. The molecule has 0 spiro atoms. The van der Waals surface area contributed by atoms with E-state index < -0.39 is 0 Å². The fourth-order valence-electron chi connectivity index (χ4n) is 2.38. The van der Waals surface area contributed by atoms with E-state index in [4.69, 9.17) is 11.6 Å². The average molecular weight is 287 g/mol.